The molecule has 3 aliphatic rings. The number of hydrogen-bond acceptors (Lipinski definition) is 5. The van der Waals surface area contributed by atoms with Crippen LogP contribution in [0, 0.1) is 11.7 Å². The third-order valence-corrected chi connectivity index (χ3v) is 9.40. The average molecular weight is 461 g/mol. The third kappa shape index (κ3) is 4.07. The van der Waals surface area contributed by atoms with Crippen LogP contribution in [0.15, 0.2) is 52.1 Å². The summed E-state index contributed by atoms with van der Waals surface area (Å²) >= 11 is 1.24. The molecule has 5 heterocycles. The molecule has 6 rings (SSSR count). The maximum absolute atomic E-state index is 13.3. The molecular formula is C22H25FN4O2S2. The summed E-state index contributed by atoms with van der Waals surface area (Å²) in [5, 5.41) is 6.45. The highest BCUT2D eigenvalue weighted by molar-refractivity contribution is 7.91. The number of aryl methyl sites for hydroxylation is 1. The lowest BCUT2D eigenvalue weighted by molar-refractivity contribution is 0.0306. The Morgan fingerprint density at radius 2 is 2.06 bits per heavy atom. The maximum Gasteiger partial charge on any atom is 0.250 e. The first-order valence-electron chi connectivity index (χ1n) is 10.5. The summed E-state index contributed by atoms with van der Waals surface area (Å²) in [6.07, 6.45) is 2.07. The Morgan fingerprint density at radius 3 is 2.74 bits per heavy atom. The molecule has 6 nitrogen and oxygen atoms in total. The van der Waals surface area contributed by atoms with E-state index in [1.54, 1.807) is 29.6 Å². The Labute approximate surface area is 185 Å². The molecule has 3 fully saturated rings. The van der Waals surface area contributed by atoms with Crippen molar-refractivity contribution in [1.29, 1.82) is 0 Å². The van der Waals surface area contributed by atoms with Crippen LogP contribution in [0.1, 0.15) is 24.5 Å². The zero-order valence-corrected chi connectivity index (χ0v) is 18.9. The molecule has 3 aromatic rings. The quantitative estimate of drug-likeness (QED) is 0.612. The van der Waals surface area contributed by atoms with E-state index in [1.807, 2.05) is 11.7 Å². The Hall–Kier alpha value is -2.07. The topological polar surface area (TPSA) is 67.2 Å². The molecular weight excluding hydrogens is 435 g/mol. The highest BCUT2D eigenvalue weighted by Gasteiger charge is 2.42. The fourth-order valence-electron chi connectivity index (χ4n) is 4.97. The van der Waals surface area contributed by atoms with Crippen LogP contribution < -0.4 is 4.72 Å². The van der Waals surface area contributed by atoms with Crippen molar-refractivity contribution in [2.24, 2.45) is 13.0 Å². The van der Waals surface area contributed by atoms with E-state index >= 15 is 0 Å². The van der Waals surface area contributed by atoms with Gasteiger partial charge in [-0.1, -0.05) is 6.07 Å². The number of sulfonamides is 1. The number of nitrogens with one attached hydrogen (secondary N) is 1. The predicted molar refractivity (Wildman–Crippen MR) is 119 cm³/mol. The van der Waals surface area contributed by atoms with E-state index < -0.39 is 10.0 Å². The van der Waals surface area contributed by atoms with Crippen LogP contribution in [-0.4, -0.2) is 48.8 Å². The molecule has 1 N–H and O–H groups in total. The third-order valence-electron chi connectivity index (χ3n) is 6.58. The molecule has 4 atom stereocenters. The van der Waals surface area contributed by atoms with Crippen LogP contribution in [0.3, 0.4) is 0 Å². The number of benzene rings is 1. The number of nitrogens with zero attached hydrogens (tertiary/aromatic N) is 3. The number of rotatable bonds is 6. The fourth-order valence-corrected chi connectivity index (χ4v) is 7.08. The average Bonchev–Trinajstić information content (AvgIpc) is 3.44. The van der Waals surface area contributed by atoms with E-state index in [1.165, 1.54) is 29.2 Å². The van der Waals surface area contributed by atoms with Crippen LogP contribution in [0.25, 0.3) is 11.3 Å². The van der Waals surface area contributed by atoms with Gasteiger partial charge >= 0.3 is 0 Å². The lowest BCUT2D eigenvalue weighted by Crippen LogP contribution is -2.56. The summed E-state index contributed by atoms with van der Waals surface area (Å²) < 4.78 is 43.3. The van der Waals surface area contributed by atoms with Gasteiger partial charge in [-0.15, -0.1) is 11.3 Å². The Balaban J connectivity index is 1.29. The lowest BCUT2D eigenvalue weighted by atomic mass is 9.74. The summed E-state index contributed by atoms with van der Waals surface area (Å²) in [6.45, 7) is 2.34. The summed E-state index contributed by atoms with van der Waals surface area (Å²) in [4.78, 5) is 2.41. The first kappa shape index (κ1) is 20.8. The lowest BCUT2D eigenvalue weighted by Gasteiger charge is -2.49. The predicted octanol–water partition coefficient (Wildman–Crippen LogP) is 3.44. The van der Waals surface area contributed by atoms with Gasteiger partial charge in [-0.2, -0.15) is 5.10 Å². The summed E-state index contributed by atoms with van der Waals surface area (Å²) in [5.41, 5.74) is 2.95. The van der Waals surface area contributed by atoms with E-state index in [4.69, 9.17) is 0 Å². The number of fused-ring (bicyclic) bond motifs is 3. The van der Waals surface area contributed by atoms with Crippen molar-refractivity contribution in [2.75, 3.05) is 19.6 Å². The van der Waals surface area contributed by atoms with Gasteiger partial charge < -0.3 is 0 Å². The SMILES string of the molecule is Cn1nc(-c2ccc(F)cc2)cc1[C@H]1CN2CC[C@H]1C[C@@H]2CNS(=O)(=O)c1cccs1. The Morgan fingerprint density at radius 1 is 1.26 bits per heavy atom. The van der Waals surface area contributed by atoms with Crippen molar-refractivity contribution in [3.05, 3.63) is 59.4 Å². The number of thiophene rings is 1. The second-order valence-electron chi connectivity index (χ2n) is 8.41. The molecule has 0 spiro atoms. The summed E-state index contributed by atoms with van der Waals surface area (Å²) in [5.74, 6) is 0.612. The first-order chi connectivity index (χ1) is 14.9. The van der Waals surface area contributed by atoms with Crippen molar-refractivity contribution in [1.82, 2.24) is 19.4 Å². The Kier molecular flexibility index (Phi) is 5.45. The molecule has 31 heavy (non-hydrogen) atoms. The van der Waals surface area contributed by atoms with Crippen molar-refractivity contribution in [3.63, 3.8) is 0 Å². The van der Waals surface area contributed by atoms with Crippen molar-refractivity contribution in [2.45, 2.75) is 29.0 Å². The van der Waals surface area contributed by atoms with E-state index in [9.17, 15) is 12.8 Å². The van der Waals surface area contributed by atoms with Crippen LogP contribution in [-0.2, 0) is 17.1 Å². The van der Waals surface area contributed by atoms with Gasteiger partial charge in [0.15, 0.2) is 0 Å². The molecule has 164 valence electrons. The second kappa shape index (κ2) is 8.12. The molecule has 0 saturated carbocycles. The van der Waals surface area contributed by atoms with Crippen molar-refractivity contribution < 1.29 is 12.8 Å². The van der Waals surface area contributed by atoms with Gasteiger partial charge in [0.1, 0.15) is 10.0 Å². The number of piperidine rings is 3. The number of aromatic nitrogens is 2. The van der Waals surface area contributed by atoms with Crippen LogP contribution in [0.5, 0.6) is 0 Å². The number of hydrogen-bond donors (Lipinski definition) is 1. The Bertz CT molecular complexity index is 1160. The van der Waals surface area contributed by atoms with Crippen LogP contribution in [0.2, 0.25) is 0 Å². The summed E-state index contributed by atoms with van der Waals surface area (Å²) in [7, 11) is -1.47. The van der Waals surface area contributed by atoms with Gasteiger partial charge in [-0.05, 0) is 67.1 Å². The highest BCUT2D eigenvalue weighted by Crippen LogP contribution is 2.42. The minimum absolute atomic E-state index is 0.217. The molecule has 2 bridgehead atoms. The molecule has 9 heteroatoms. The molecule has 2 aromatic heterocycles. The molecule has 0 aliphatic carbocycles. The molecule has 3 aliphatic heterocycles. The highest BCUT2D eigenvalue weighted by atomic mass is 32.2. The van der Waals surface area contributed by atoms with Crippen LogP contribution >= 0.6 is 11.3 Å². The van der Waals surface area contributed by atoms with E-state index in [0.29, 0.717) is 22.6 Å². The minimum atomic E-state index is -3.43. The summed E-state index contributed by atoms with van der Waals surface area (Å²) in [6, 6.07) is 12.2. The molecule has 1 aromatic carbocycles. The minimum Gasteiger partial charge on any atom is -0.298 e. The maximum atomic E-state index is 13.3. The van der Waals surface area contributed by atoms with Gasteiger partial charge in [0.2, 0.25) is 10.0 Å². The zero-order valence-electron chi connectivity index (χ0n) is 17.2. The zero-order chi connectivity index (χ0) is 21.6. The smallest absolute Gasteiger partial charge is 0.250 e. The first-order valence-corrected chi connectivity index (χ1v) is 12.8. The van der Waals surface area contributed by atoms with Gasteiger partial charge in [0.05, 0.1) is 5.69 Å². The number of halogens is 1. The van der Waals surface area contributed by atoms with E-state index in [-0.39, 0.29) is 11.9 Å². The largest absolute Gasteiger partial charge is 0.298 e. The van der Waals surface area contributed by atoms with Gasteiger partial charge in [-0.3, -0.25) is 9.58 Å². The molecule has 0 radical (unpaired) electrons. The fraction of sp³-hybridized carbons (Fsp3) is 0.409. The van der Waals surface area contributed by atoms with Crippen molar-refractivity contribution >= 4 is 21.4 Å². The molecule has 0 amide bonds. The van der Waals surface area contributed by atoms with Gasteiger partial charge in [0, 0.05) is 43.4 Å². The van der Waals surface area contributed by atoms with Gasteiger partial charge in [0.25, 0.3) is 0 Å². The standard InChI is InChI=1S/C22H25FN4O2S2/c1-26-21(12-20(25-26)15-4-6-17(23)7-5-15)19-14-27-9-8-16(19)11-18(27)13-24-31(28,29)22-3-2-10-30-22/h2-7,10,12,16,18-19,24H,8-9,11,13-14H2,1H3/t16-,18+,19-/m0/s1. The van der Waals surface area contributed by atoms with E-state index in [0.717, 1.165) is 37.2 Å². The van der Waals surface area contributed by atoms with E-state index in [2.05, 4.69) is 20.8 Å². The van der Waals surface area contributed by atoms with Crippen molar-refractivity contribution in [3.8, 4) is 11.3 Å². The van der Waals surface area contributed by atoms with Gasteiger partial charge in [-0.25, -0.2) is 17.5 Å². The van der Waals surface area contributed by atoms with Crippen LogP contribution in [0.4, 0.5) is 4.39 Å². The second-order valence-corrected chi connectivity index (χ2v) is 11.4. The normalized spacial score (nSPS) is 25.7. The molecule has 3 saturated heterocycles. The monoisotopic (exact) mass is 460 g/mol. The molecule has 1 unspecified atom stereocenters.